The van der Waals surface area contributed by atoms with Crippen LogP contribution in [-0.2, 0) is 6.42 Å². The van der Waals surface area contributed by atoms with Gasteiger partial charge in [-0.1, -0.05) is 6.92 Å². The zero-order valence-electron chi connectivity index (χ0n) is 14.3. The van der Waals surface area contributed by atoms with Crippen molar-refractivity contribution < 1.29 is 27.8 Å². The summed E-state index contributed by atoms with van der Waals surface area (Å²) in [4.78, 5) is 24.0. The molecular weight excluding hydrogens is 363 g/mol. The highest BCUT2D eigenvalue weighted by atomic mass is 19.1. The third-order valence-corrected chi connectivity index (χ3v) is 4.25. The molecule has 5 nitrogen and oxygen atoms in total. The van der Waals surface area contributed by atoms with Gasteiger partial charge in [0.15, 0.2) is 0 Å². The van der Waals surface area contributed by atoms with Crippen molar-refractivity contribution in [2.45, 2.75) is 13.3 Å². The predicted octanol–water partition coefficient (Wildman–Crippen LogP) is 3.68. The van der Waals surface area contributed by atoms with E-state index in [0.29, 0.717) is 6.07 Å². The minimum absolute atomic E-state index is 0.00346. The number of aromatic nitrogens is 1. The van der Waals surface area contributed by atoms with Gasteiger partial charge in [-0.05, 0) is 24.6 Å². The number of carboxylic acids is 1. The van der Waals surface area contributed by atoms with Crippen molar-refractivity contribution in [3.8, 4) is 11.4 Å². The average molecular weight is 377 g/mol. The molecule has 27 heavy (non-hydrogen) atoms. The lowest BCUT2D eigenvalue weighted by molar-refractivity contribution is 0.0695. The largest absolute Gasteiger partial charge is 0.494 e. The van der Waals surface area contributed by atoms with E-state index < -0.39 is 34.4 Å². The van der Waals surface area contributed by atoms with Crippen molar-refractivity contribution in [1.29, 1.82) is 0 Å². The molecule has 0 saturated heterocycles. The summed E-state index contributed by atoms with van der Waals surface area (Å²) in [7, 11) is 1.26. The first-order valence-electron chi connectivity index (χ1n) is 7.93. The fourth-order valence-corrected chi connectivity index (χ4v) is 3.03. The predicted molar refractivity (Wildman–Crippen MR) is 92.3 cm³/mol. The zero-order chi connectivity index (χ0) is 19.9. The van der Waals surface area contributed by atoms with Crippen LogP contribution in [0.1, 0.15) is 22.8 Å². The minimum Gasteiger partial charge on any atom is -0.494 e. The molecule has 0 radical (unpaired) electrons. The lowest BCUT2D eigenvalue weighted by atomic mass is 10.0. The van der Waals surface area contributed by atoms with Crippen molar-refractivity contribution in [1.82, 2.24) is 4.57 Å². The van der Waals surface area contributed by atoms with Gasteiger partial charge in [0, 0.05) is 17.8 Å². The van der Waals surface area contributed by atoms with Crippen LogP contribution in [0.25, 0.3) is 16.6 Å². The fraction of sp³-hybridized carbons (Fsp3) is 0.158. The molecule has 0 aliphatic rings. The van der Waals surface area contributed by atoms with Gasteiger partial charge in [-0.2, -0.15) is 0 Å². The summed E-state index contributed by atoms with van der Waals surface area (Å²) in [6.07, 6.45) is 1.13. The van der Waals surface area contributed by atoms with E-state index in [4.69, 9.17) is 4.74 Å². The Kier molecular flexibility index (Phi) is 4.65. The summed E-state index contributed by atoms with van der Waals surface area (Å²) in [6.45, 7) is 1.67. The summed E-state index contributed by atoms with van der Waals surface area (Å²) in [5.41, 5.74) is -1.69. The minimum atomic E-state index is -1.56. The molecule has 1 aromatic heterocycles. The number of carboxylic acid groups (broad SMARTS) is 1. The number of aromatic carboxylic acids is 1. The Hall–Kier alpha value is -3.29. The summed E-state index contributed by atoms with van der Waals surface area (Å²) in [6, 6.07) is 3.61. The first kappa shape index (κ1) is 18.5. The monoisotopic (exact) mass is 377 g/mol. The molecule has 140 valence electrons. The molecule has 2 aromatic carbocycles. The highest BCUT2D eigenvalue weighted by Crippen LogP contribution is 2.33. The standard InChI is InChI=1S/C19H14F3NO4/c1-3-10-13(21)7-11-16(18(10)27-2)23(8-12(17(11)24)19(25)26)15-5-4-9(20)6-14(15)22/h4-8H,3H2,1-2H3,(H,25,26). The van der Waals surface area contributed by atoms with E-state index in [1.807, 2.05) is 0 Å². The molecule has 1 N–H and O–H groups in total. The van der Waals surface area contributed by atoms with Crippen molar-refractivity contribution in [2.75, 3.05) is 7.11 Å². The molecule has 0 unspecified atom stereocenters. The molecule has 0 aliphatic carbocycles. The van der Waals surface area contributed by atoms with E-state index in [9.17, 15) is 27.9 Å². The summed E-state index contributed by atoms with van der Waals surface area (Å²) >= 11 is 0. The number of benzene rings is 2. The Bertz CT molecular complexity index is 1140. The highest BCUT2D eigenvalue weighted by molar-refractivity contribution is 5.95. The molecule has 3 aromatic rings. The van der Waals surface area contributed by atoms with Crippen LogP contribution in [-0.4, -0.2) is 22.8 Å². The van der Waals surface area contributed by atoms with Gasteiger partial charge < -0.3 is 14.4 Å². The summed E-state index contributed by atoms with van der Waals surface area (Å²) < 4.78 is 48.5. The molecule has 0 atom stereocenters. The zero-order valence-corrected chi connectivity index (χ0v) is 14.3. The molecule has 0 bridgehead atoms. The normalized spacial score (nSPS) is 11.0. The van der Waals surface area contributed by atoms with Gasteiger partial charge in [0.1, 0.15) is 28.8 Å². The average Bonchev–Trinajstić information content (AvgIpc) is 2.61. The van der Waals surface area contributed by atoms with Gasteiger partial charge in [-0.15, -0.1) is 0 Å². The van der Waals surface area contributed by atoms with Crippen molar-refractivity contribution in [3.63, 3.8) is 0 Å². The number of ether oxygens (including phenoxy) is 1. The van der Waals surface area contributed by atoms with Crippen molar-refractivity contribution in [3.05, 3.63) is 69.3 Å². The van der Waals surface area contributed by atoms with Crippen LogP contribution in [0.15, 0.2) is 35.3 Å². The quantitative estimate of drug-likeness (QED) is 0.753. The molecule has 8 heteroatoms. The molecular formula is C19H14F3NO4. The number of carbonyl (C=O) groups is 1. The van der Waals surface area contributed by atoms with Gasteiger partial charge in [-0.3, -0.25) is 4.79 Å². The van der Waals surface area contributed by atoms with Crippen LogP contribution in [0.4, 0.5) is 13.2 Å². The van der Waals surface area contributed by atoms with Crippen LogP contribution in [0, 0.1) is 17.5 Å². The maximum absolute atomic E-state index is 14.4. The molecule has 0 fully saturated rings. The van der Waals surface area contributed by atoms with E-state index in [-0.39, 0.29) is 34.3 Å². The van der Waals surface area contributed by atoms with E-state index in [0.717, 1.165) is 29.0 Å². The third-order valence-electron chi connectivity index (χ3n) is 4.25. The Balaban J connectivity index is 2.60. The third kappa shape index (κ3) is 2.92. The molecule has 1 heterocycles. The van der Waals surface area contributed by atoms with E-state index in [2.05, 4.69) is 0 Å². The van der Waals surface area contributed by atoms with Gasteiger partial charge in [0.05, 0.1) is 23.7 Å². The van der Waals surface area contributed by atoms with Crippen LogP contribution in [0.3, 0.4) is 0 Å². The van der Waals surface area contributed by atoms with Crippen molar-refractivity contribution >= 4 is 16.9 Å². The maximum atomic E-state index is 14.4. The Morgan fingerprint density at radius 3 is 2.44 bits per heavy atom. The van der Waals surface area contributed by atoms with Gasteiger partial charge in [0.25, 0.3) is 0 Å². The molecule has 0 spiro atoms. The van der Waals surface area contributed by atoms with Crippen molar-refractivity contribution in [2.24, 2.45) is 0 Å². The van der Waals surface area contributed by atoms with Gasteiger partial charge >= 0.3 is 5.97 Å². The molecule has 0 amide bonds. The second kappa shape index (κ2) is 6.79. The van der Waals surface area contributed by atoms with E-state index >= 15 is 0 Å². The number of fused-ring (bicyclic) bond motifs is 1. The van der Waals surface area contributed by atoms with E-state index in [1.54, 1.807) is 6.92 Å². The second-order valence-electron chi connectivity index (χ2n) is 5.76. The first-order chi connectivity index (χ1) is 12.8. The second-order valence-corrected chi connectivity index (χ2v) is 5.76. The number of hydrogen-bond acceptors (Lipinski definition) is 3. The lowest BCUT2D eigenvalue weighted by Crippen LogP contribution is -2.20. The fourth-order valence-electron chi connectivity index (χ4n) is 3.03. The highest BCUT2D eigenvalue weighted by Gasteiger charge is 2.23. The number of hydrogen-bond donors (Lipinski definition) is 1. The Morgan fingerprint density at radius 1 is 1.19 bits per heavy atom. The van der Waals surface area contributed by atoms with Crippen LogP contribution in [0.5, 0.6) is 5.75 Å². The van der Waals surface area contributed by atoms with Crippen LogP contribution < -0.4 is 10.2 Å². The Labute approximate surface area is 151 Å². The van der Waals surface area contributed by atoms with Gasteiger partial charge in [0.2, 0.25) is 5.43 Å². The topological polar surface area (TPSA) is 68.5 Å². The Morgan fingerprint density at radius 2 is 1.89 bits per heavy atom. The maximum Gasteiger partial charge on any atom is 0.341 e. The molecule has 0 aliphatic heterocycles. The number of rotatable bonds is 4. The number of nitrogens with zero attached hydrogens (tertiary/aromatic N) is 1. The SMILES string of the molecule is CCc1c(F)cc2c(=O)c(C(=O)O)cn(-c3ccc(F)cc3F)c2c1OC. The van der Waals surface area contributed by atoms with Gasteiger partial charge in [-0.25, -0.2) is 18.0 Å². The molecule has 0 saturated carbocycles. The smallest absolute Gasteiger partial charge is 0.341 e. The number of halogens is 3. The van der Waals surface area contributed by atoms with E-state index in [1.165, 1.54) is 7.11 Å². The number of methoxy groups -OCH3 is 1. The molecule has 3 rings (SSSR count). The first-order valence-corrected chi connectivity index (χ1v) is 7.93. The van der Waals surface area contributed by atoms with Crippen LogP contribution in [0.2, 0.25) is 0 Å². The lowest BCUT2D eigenvalue weighted by Gasteiger charge is -2.18. The summed E-state index contributed by atoms with van der Waals surface area (Å²) in [5.74, 6) is -4.14. The summed E-state index contributed by atoms with van der Waals surface area (Å²) in [5, 5.41) is 9.03. The number of pyridine rings is 1. The van der Waals surface area contributed by atoms with Crippen LogP contribution >= 0.6 is 0 Å².